The fourth-order valence-corrected chi connectivity index (χ4v) is 3.58. The van der Waals surface area contributed by atoms with Crippen LogP contribution in [0.1, 0.15) is 21.6 Å². The van der Waals surface area contributed by atoms with Gasteiger partial charge in [-0.25, -0.2) is 23.9 Å². The number of hydrogen-bond acceptors (Lipinski definition) is 6. The molecule has 0 aliphatic heterocycles. The molecule has 0 saturated heterocycles. The maximum atomic E-state index is 14.2. The van der Waals surface area contributed by atoms with E-state index >= 15 is 0 Å². The Kier molecular flexibility index (Phi) is 6.76. The minimum atomic E-state index is -0.885. The second-order valence-electron chi connectivity index (χ2n) is 7.52. The molecule has 0 fully saturated rings. The van der Waals surface area contributed by atoms with E-state index in [4.69, 9.17) is 15.2 Å². The number of nitrogens with one attached hydrogen (secondary N) is 1. The van der Waals surface area contributed by atoms with Gasteiger partial charge in [-0.3, -0.25) is 10.2 Å². The number of carbonyl (C=O) groups excluding carboxylic acids is 2. The summed E-state index contributed by atoms with van der Waals surface area (Å²) in [5.74, 6) is -0.0544. The molecule has 3 amide bonds. The fraction of sp³-hybridized carbons (Fsp3) is 0.167. The van der Waals surface area contributed by atoms with Crippen LogP contribution >= 0.6 is 0 Å². The number of carbonyl (C=O) groups is 2. The van der Waals surface area contributed by atoms with Crippen LogP contribution in [0.3, 0.4) is 0 Å². The van der Waals surface area contributed by atoms with Gasteiger partial charge in [0.25, 0.3) is 5.91 Å². The molecular formula is C24H23FN6O4. The normalized spacial score (nSPS) is 10.7. The molecule has 0 spiro atoms. The Bertz CT molecular complexity index is 1390. The first-order chi connectivity index (χ1) is 16.9. The molecular weight excluding hydrogens is 455 g/mol. The van der Waals surface area contributed by atoms with Crippen LogP contribution in [-0.4, -0.2) is 45.9 Å². The van der Waals surface area contributed by atoms with Crippen LogP contribution in [0, 0.1) is 5.82 Å². The van der Waals surface area contributed by atoms with Crippen LogP contribution < -0.4 is 20.6 Å². The predicted molar refractivity (Wildman–Crippen MR) is 125 cm³/mol. The molecule has 0 bridgehead atoms. The Labute approximate surface area is 200 Å². The third-order valence-electron chi connectivity index (χ3n) is 5.33. The van der Waals surface area contributed by atoms with Gasteiger partial charge >= 0.3 is 6.03 Å². The number of ether oxygens (including phenoxy) is 2. The van der Waals surface area contributed by atoms with E-state index in [1.807, 2.05) is 0 Å². The minimum Gasteiger partial charge on any atom is -0.497 e. The number of pyridine rings is 1. The molecule has 0 aliphatic rings. The van der Waals surface area contributed by atoms with Crippen molar-refractivity contribution in [3.63, 3.8) is 0 Å². The third-order valence-corrected chi connectivity index (χ3v) is 5.33. The second kappa shape index (κ2) is 10.1. The average molecular weight is 478 g/mol. The summed E-state index contributed by atoms with van der Waals surface area (Å²) >= 11 is 0. The molecule has 0 aliphatic carbocycles. The average Bonchev–Trinajstić information content (AvgIpc) is 3.23. The van der Waals surface area contributed by atoms with E-state index in [9.17, 15) is 14.0 Å². The van der Waals surface area contributed by atoms with Crippen LogP contribution in [0.4, 0.5) is 9.18 Å². The summed E-state index contributed by atoms with van der Waals surface area (Å²) < 4.78 is 26.2. The second-order valence-corrected chi connectivity index (χ2v) is 7.52. The van der Waals surface area contributed by atoms with Crippen LogP contribution in [0.5, 0.6) is 11.5 Å². The van der Waals surface area contributed by atoms with Gasteiger partial charge in [0.1, 0.15) is 17.3 Å². The lowest BCUT2D eigenvalue weighted by Gasteiger charge is -2.22. The van der Waals surface area contributed by atoms with Crippen LogP contribution in [0.15, 0.2) is 60.8 Å². The molecule has 11 heteroatoms. The number of hydrogen-bond donors (Lipinski definition) is 2. The number of urea groups is 1. The van der Waals surface area contributed by atoms with Gasteiger partial charge in [0.15, 0.2) is 11.3 Å². The van der Waals surface area contributed by atoms with Crippen molar-refractivity contribution >= 4 is 23.0 Å². The summed E-state index contributed by atoms with van der Waals surface area (Å²) in [4.78, 5) is 29.6. The van der Waals surface area contributed by atoms with Gasteiger partial charge in [-0.2, -0.15) is 5.10 Å². The first kappa shape index (κ1) is 23.5. The standard InChI is InChI=1S/C24H23FN6O4/c1-34-17-10-9-16(20(12-17)35-2)14-31(24(26)33)29-23(32)21-18-7-5-11-27-22(18)30(28-21)13-15-6-3-4-8-19(15)25/h3-12H,13-14H2,1-2H3,(H2,26,33)(H,29,32). The number of aromatic nitrogens is 3. The molecule has 3 N–H and O–H groups in total. The highest BCUT2D eigenvalue weighted by Crippen LogP contribution is 2.25. The number of nitrogens with zero attached hydrogens (tertiary/aromatic N) is 4. The highest BCUT2D eigenvalue weighted by atomic mass is 19.1. The predicted octanol–water partition coefficient (Wildman–Crippen LogP) is 2.86. The lowest BCUT2D eigenvalue weighted by molar-refractivity contribution is 0.0819. The number of fused-ring (bicyclic) bond motifs is 1. The number of rotatable bonds is 7. The first-order valence-electron chi connectivity index (χ1n) is 10.5. The number of methoxy groups -OCH3 is 2. The highest BCUT2D eigenvalue weighted by molar-refractivity contribution is 6.04. The Morgan fingerprint density at radius 1 is 1.09 bits per heavy atom. The summed E-state index contributed by atoms with van der Waals surface area (Å²) in [6.45, 7) is -0.00357. The fourth-order valence-electron chi connectivity index (χ4n) is 3.58. The zero-order valence-electron chi connectivity index (χ0n) is 19.1. The van der Waals surface area contributed by atoms with E-state index in [0.29, 0.717) is 33.7 Å². The monoisotopic (exact) mass is 478 g/mol. The molecule has 4 rings (SSSR count). The van der Waals surface area contributed by atoms with Crippen molar-refractivity contribution in [1.29, 1.82) is 0 Å². The molecule has 2 aromatic heterocycles. The van der Waals surface area contributed by atoms with E-state index in [1.54, 1.807) is 54.7 Å². The molecule has 2 aromatic carbocycles. The van der Waals surface area contributed by atoms with Crippen molar-refractivity contribution in [3.05, 3.63) is 83.4 Å². The number of primary amides is 1. The molecule has 0 saturated carbocycles. The van der Waals surface area contributed by atoms with Crippen molar-refractivity contribution in [2.75, 3.05) is 14.2 Å². The van der Waals surface area contributed by atoms with Gasteiger partial charge in [-0.1, -0.05) is 18.2 Å². The zero-order chi connectivity index (χ0) is 24.9. The van der Waals surface area contributed by atoms with E-state index in [-0.39, 0.29) is 18.8 Å². The van der Waals surface area contributed by atoms with E-state index < -0.39 is 17.8 Å². The number of nitrogens with two attached hydrogens (primary N) is 1. The van der Waals surface area contributed by atoms with Crippen LogP contribution in [0.25, 0.3) is 11.0 Å². The molecule has 35 heavy (non-hydrogen) atoms. The van der Waals surface area contributed by atoms with Gasteiger partial charge in [-0.15, -0.1) is 0 Å². The van der Waals surface area contributed by atoms with Gasteiger partial charge in [0.05, 0.1) is 32.7 Å². The van der Waals surface area contributed by atoms with Gasteiger partial charge in [-0.05, 0) is 30.3 Å². The summed E-state index contributed by atoms with van der Waals surface area (Å²) in [6.07, 6.45) is 1.55. The van der Waals surface area contributed by atoms with Gasteiger partial charge in [0.2, 0.25) is 0 Å². The molecule has 0 atom stereocenters. The third kappa shape index (κ3) is 4.98. The molecule has 0 radical (unpaired) electrons. The quantitative estimate of drug-likeness (QED) is 0.394. The van der Waals surface area contributed by atoms with Crippen molar-refractivity contribution in [2.45, 2.75) is 13.1 Å². The molecule has 4 aromatic rings. The number of benzene rings is 2. The first-order valence-corrected chi connectivity index (χ1v) is 10.5. The minimum absolute atomic E-state index is 0.0115. The largest absolute Gasteiger partial charge is 0.497 e. The Hall–Kier alpha value is -4.67. The Balaban J connectivity index is 1.62. The van der Waals surface area contributed by atoms with Gasteiger partial charge < -0.3 is 15.2 Å². The lowest BCUT2D eigenvalue weighted by atomic mass is 10.2. The van der Waals surface area contributed by atoms with Gasteiger partial charge in [0, 0.05) is 23.4 Å². The SMILES string of the molecule is COc1ccc(CN(NC(=O)c2nn(Cc3ccccc3F)c3ncccc23)C(N)=O)c(OC)c1. The molecule has 2 heterocycles. The van der Waals surface area contributed by atoms with E-state index in [2.05, 4.69) is 15.5 Å². The van der Waals surface area contributed by atoms with Crippen LogP contribution in [0.2, 0.25) is 0 Å². The van der Waals surface area contributed by atoms with E-state index in [1.165, 1.54) is 25.0 Å². The highest BCUT2D eigenvalue weighted by Gasteiger charge is 2.23. The summed E-state index contributed by atoms with van der Waals surface area (Å²) in [5, 5.41) is 5.74. The van der Waals surface area contributed by atoms with Crippen LogP contribution in [-0.2, 0) is 13.1 Å². The summed E-state index contributed by atoms with van der Waals surface area (Å²) in [6, 6.07) is 13.8. The maximum absolute atomic E-state index is 14.2. The smallest absolute Gasteiger partial charge is 0.333 e. The molecule has 180 valence electrons. The van der Waals surface area contributed by atoms with Crippen molar-refractivity contribution < 1.29 is 23.5 Å². The number of amides is 3. The molecule has 0 unspecified atom stereocenters. The van der Waals surface area contributed by atoms with Crippen molar-refractivity contribution in [3.8, 4) is 11.5 Å². The summed E-state index contributed by atoms with van der Waals surface area (Å²) in [7, 11) is 3.00. The Morgan fingerprint density at radius 3 is 2.60 bits per heavy atom. The Morgan fingerprint density at radius 2 is 1.89 bits per heavy atom. The van der Waals surface area contributed by atoms with Crippen molar-refractivity contribution in [1.82, 2.24) is 25.2 Å². The van der Waals surface area contributed by atoms with Crippen molar-refractivity contribution in [2.24, 2.45) is 5.73 Å². The summed E-state index contributed by atoms with van der Waals surface area (Å²) in [5.41, 5.74) is 9.40. The number of halogens is 1. The topological polar surface area (TPSA) is 125 Å². The maximum Gasteiger partial charge on any atom is 0.333 e. The molecule has 10 nitrogen and oxygen atoms in total. The lowest BCUT2D eigenvalue weighted by Crippen LogP contribution is -2.48. The van der Waals surface area contributed by atoms with E-state index in [0.717, 1.165) is 5.01 Å². The zero-order valence-corrected chi connectivity index (χ0v) is 19.1. The number of hydrazine groups is 1.